The third-order valence-corrected chi connectivity index (χ3v) is 5.34. The standard InChI is InChI=1S/C16H18F3NO4S/c1-11-4-3-8-20(11)9-7-13-10-12-5-2-6-14(15(12)23-13)24-25(21,22)16(17,18)19/h2,5-6,10-11H,3-4,7-9H2,1H3/t11-/m1/s1. The third-order valence-electron chi connectivity index (χ3n) is 4.38. The smallest absolute Gasteiger partial charge is 0.457 e. The van der Waals surface area contributed by atoms with Crippen LogP contribution >= 0.6 is 0 Å². The first-order chi connectivity index (χ1) is 11.7. The van der Waals surface area contributed by atoms with Crippen LogP contribution in [0.25, 0.3) is 11.0 Å². The molecule has 25 heavy (non-hydrogen) atoms. The van der Waals surface area contributed by atoms with Crippen LogP contribution in [0.5, 0.6) is 5.75 Å². The molecule has 2 aromatic rings. The highest BCUT2D eigenvalue weighted by Gasteiger charge is 2.48. The van der Waals surface area contributed by atoms with Crippen LogP contribution < -0.4 is 4.18 Å². The first kappa shape index (κ1) is 18.1. The summed E-state index contributed by atoms with van der Waals surface area (Å²) in [6.45, 7) is 3.94. The van der Waals surface area contributed by atoms with Crippen molar-refractivity contribution in [2.45, 2.75) is 37.7 Å². The van der Waals surface area contributed by atoms with Gasteiger partial charge in [-0.2, -0.15) is 21.6 Å². The van der Waals surface area contributed by atoms with Crippen molar-refractivity contribution in [2.75, 3.05) is 13.1 Å². The van der Waals surface area contributed by atoms with Gasteiger partial charge in [-0.15, -0.1) is 0 Å². The molecule has 1 aliphatic heterocycles. The SMILES string of the molecule is C[C@@H]1CCCN1CCc1cc2cccc(OS(=O)(=O)C(F)(F)F)c2o1. The van der Waals surface area contributed by atoms with E-state index in [-0.39, 0.29) is 5.58 Å². The fraction of sp³-hybridized carbons (Fsp3) is 0.500. The summed E-state index contributed by atoms with van der Waals surface area (Å²) in [5, 5.41) is 0.499. The molecule has 5 nitrogen and oxygen atoms in total. The van der Waals surface area contributed by atoms with Gasteiger partial charge < -0.3 is 13.5 Å². The van der Waals surface area contributed by atoms with Crippen molar-refractivity contribution in [2.24, 2.45) is 0 Å². The molecule has 0 amide bonds. The average Bonchev–Trinajstić information content (AvgIpc) is 3.10. The largest absolute Gasteiger partial charge is 0.534 e. The van der Waals surface area contributed by atoms with Crippen LogP contribution in [0.4, 0.5) is 13.2 Å². The van der Waals surface area contributed by atoms with Crippen LogP contribution in [0.1, 0.15) is 25.5 Å². The van der Waals surface area contributed by atoms with E-state index in [4.69, 9.17) is 4.42 Å². The minimum Gasteiger partial charge on any atom is -0.457 e. The van der Waals surface area contributed by atoms with Gasteiger partial charge in [0.05, 0.1) is 0 Å². The molecule has 0 bridgehead atoms. The number of furan rings is 1. The van der Waals surface area contributed by atoms with Crippen molar-refractivity contribution in [3.63, 3.8) is 0 Å². The summed E-state index contributed by atoms with van der Waals surface area (Å²) in [4.78, 5) is 2.32. The Labute approximate surface area is 143 Å². The molecule has 138 valence electrons. The number of para-hydroxylation sites is 1. The number of hydrogen-bond donors (Lipinski definition) is 0. The minimum atomic E-state index is -5.73. The van der Waals surface area contributed by atoms with Crippen molar-refractivity contribution in [3.8, 4) is 5.75 Å². The van der Waals surface area contributed by atoms with Gasteiger partial charge in [0.2, 0.25) is 0 Å². The molecule has 0 N–H and O–H groups in total. The zero-order valence-electron chi connectivity index (χ0n) is 13.5. The molecule has 0 radical (unpaired) electrons. The van der Waals surface area contributed by atoms with Gasteiger partial charge >= 0.3 is 15.6 Å². The predicted octanol–water partition coefficient (Wildman–Crippen LogP) is 3.69. The van der Waals surface area contributed by atoms with Gasteiger partial charge in [0.1, 0.15) is 5.76 Å². The van der Waals surface area contributed by atoms with Gasteiger partial charge in [0, 0.05) is 24.4 Å². The number of halogens is 3. The molecule has 0 spiro atoms. The summed E-state index contributed by atoms with van der Waals surface area (Å²) in [7, 11) is -5.73. The normalized spacial score (nSPS) is 19.6. The molecule has 1 aromatic heterocycles. The second-order valence-corrected chi connectivity index (χ2v) is 7.69. The van der Waals surface area contributed by atoms with Gasteiger partial charge in [-0.05, 0) is 38.4 Å². The van der Waals surface area contributed by atoms with Gasteiger partial charge in [-0.1, -0.05) is 12.1 Å². The van der Waals surface area contributed by atoms with Crippen molar-refractivity contribution >= 4 is 21.1 Å². The molecule has 1 fully saturated rings. The number of hydrogen-bond acceptors (Lipinski definition) is 5. The van der Waals surface area contributed by atoms with Gasteiger partial charge in [0.25, 0.3) is 0 Å². The predicted molar refractivity (Wildman–Crippen MR) is 85.8 cm³/mol. The Hall–Kier alpha value is -1.74. The molecule has 1 saturated heterocycles. The lowest BCUT2D eigenvalue weighted by atomic mass is 10.2. The first-order valence-electron chi connectivity index (χ1n) is 7.93. The maximum atomic E-state index is 12.5. The second-order valence-electron chi connectivity index (χ2n) is 6.15. The van der Waals surface area contributed by atoms with E-state index in [0.29, 0.717) is 23.6 Å². The fourth-order valence-electron chi connectivity index (χ4n) is 3.02. The quantitative estimate of drug-likeness (QED) is 0.588. The summed E-state index contributed by atoms with van der Waals surface area (Å²) >= 11 is 0. The highest BCUT2D eigenvalue weighted by Crippen LogP contribution is 2.33. The molecule has 1 aromatic carbocycles. The zero-order chi connectivity index (χ0) is 18.2. The number of fused-ring (bicyclic) bond motifs is 1. The summed E-state index contributed by atoms with van der Waals surface area (Å²) < 4.78 is 69.7. The second kappa shape index (κ2) is 6.53. The van der Waals surface area contributed by atoms with E-state index < -0.39 is 21.4 Å². The number of rotatable bonds is 5. The number of likely N-dealkylation sites (tertiary alicyclic amines) is 1. The summed E-state index contributed by atoms with van der Waals surface area (Å²) in [6, 6.07) is 6.39. The number of alkyl halides is 3. The Morgan fingerprint density at radius 2 is 2.12 bits per heavy atom. The van der Waals surface area contributed by atoms with Crippen LogP contribution in [0, 0.1) is 0 Å². The van der Waals surface area contributed by atoms with Crippen LogP contribution in [0.15, 0.2) is 28.7 Å². The Morgan fingerprint density at radius 1 is 1.36 bits per heavy atom. The maximum absolute atomic E-state index is 12.5. The van der Waals surface area contributed by atoms with Gasteiger partial charge in [-0.3, -0.25) is 0 Å². The van der Waals surface area contributed by atoms with E-state index >= 15 is 0 Å². The molecule has 1 aliphatic rings. The summed E-state index contributed by atoms with van der Waals surface area (Å²) in [5.74, 6) is 0.116. The van der Waals surface area contributed by atoms with Gasteiger partial charge in [-0.25, -0.2) is 0 Å². The molecule has 1 atom stereocenters. The van der Waals surface area contributed by atoms with Crippen LogP contribution in [0.2, 0.25) is 0 Å². The maximum Gasteiger partial charge on any atom is 0.534 e. The summed E-state index contributed by atoms with van der Waals surface area (Å²) in [6.07, 6.45) is 2.88. The topological polar surface area (TPSA) is 59.8 Å². The molecule has 2 heterocycles. The van der Waals surface area contributed by atoms with E-state index in [1.54, 1.807) is 12.1 Å². The lowest BCUT2D eigenvalue weighted by molar-refractivity contribution is -0.0499. The Balaban J connectivity index is 1.81. The molecule has 9 heteroatoms. The number of benzene rings is 1. The van der Waals surface area contributed by atoms with Crippen LogP contribution in [-0.2, 0) is 16.5 Å². The van der Waals surface area contributed by atoms with Crippen LogP contribution in [0.3, 0.4) is 0 Å². The average molecular weight is 377 g/mol. The number of nitrogens with zero attached hydrogens (tertiary/aromatic N) is 1. The minimum absolute atomic E-state index is 0.000189. The molecule has 3 rings (SSSR count). The highest BCUT2D eigenvalue weighted by molar-refractivity contribution is 7.88. The first-order valence-corrected chi connectivity index (χ1v) is 9.34. The lowest BCUT2D eigenvalue weighted by Gasteiger charge is -2.19. The molecular weight excluding hydrogens is 359 g/mol. The Kier molecular flexibility index (Phi) is 4.72. The molecule has 0 unspecified atom stereocenters. The Morgan fingerprint density at radius 3 is 2.76 bits per heavy atom. The highest BCUT2D eigenvalue weighted by atomic mass is 32.2. The van der Waals surface area contributed by atoms with Crippen LogP contribution in [-0.4, -0.2) is 38.0 Å². The zero-order valence-corrected chi connectivity index (χ0v) is 14.4. The lowest BCUT2D eigenvalue weighted by Crippen LogP contribution is -2.28. The van der Waals surface area contributed by atoms with E-state index in [9.17, 15) is 21.6 Å². The third kappa shape index (κ3) is 3.77. The van der Waals surface area contributed by atoms with Crippen molar-refractivity contribution < 1.29 is 30.2 Å². The van der Waals surface area contributed by atoms with E-state index in [1.807, 2.05) is 0 Å². The molecular formula is C16H18F3NO4S. The Bertz CT molecular complexity index is 860. The van der Waals surface area contributed by atoms with E-state index in [1.165, 1.54) is 6.07 Å². The van der Waals surface area contributed by atoms with Gasteiger partial charge in [0.15, 0.2) is 11.3 Å². The van der Waals surface area contributed by atoms with Crippen molar-refractivity contribution in [1.29, 1.82) is 0 Å². The molecule has 0 saturated carbocycles. The van der Waals surface area contributed by atoms with Crippen molar-refractivity contribution in [3.05, 3.63) is 30.0 Å². The van der Waals surface area contributed by atoms with E-state index in [2.05, 4.69) is 16.0 Å². The monoisotopic (exact) mass is 377 g/mol. The van der Waals surface area contributed by atoms with E-state index in [0.717, 1.165) is 32.0 Å². The van der Waals surface area contributed by atoms with Crippen molar-refractivity contribution in [1.82, 2.24) is 4.90 Å². The summed E-state index contributed by atoms with van der Waals surface area (Å²) in [5.41, 5.74) is -5.49. The fourth-order valence-corrected chi connectivity index (χ4v) is 3.48. The molecule has 0 aliphatic carbocycles.